The minimum atomic E-state index is -0.272. The van der Waals surface area contributed by atoms with Crippen molar-refractivity contribution in [1.82, 2.24) is 19.7 Å². The number of H-pyrrole nitrogens is 1. The Kier molecular flexibility index (Phi) is 5.12. The van der Waals surface area contributed by atoms with Crippen molar-refractivity contribution >= 4 is 16.8 Å². The number of aromatic amines is 1. The Morgan fingerprint density at radius 3 is 2.50 bits per heavy atom. The van der Waals surface area contributed by atoms with Gasteiger partial charge in [0.15, 0.2) is 0 Å². The third-order valence-corrected chi connectivity index (χ3v) is 7.96. The number of nitrogens with zero attached hydrogens (tertiary/aromatic N) is 3. The van der Waals surface area contributed by atoms with Crippen molar-refractivity contribution in [2.24, 2.45) is 11.8 Å². The molecule has 2 N–H and O–H groups in total. The van der Waals surface area contributed by atoms with Gasteiger partial charge in [-0.25, -0.2) is 0 Å². The summed E-state index contributed by atoms with van der Waals surface area (Å²) in [6.45, 7) is 9.99. The second-order valence-electron chi connectivity index (χ2n) is 9.81. The van der Waals surface area contributed by atoms with E-state index in [0.29, 0.717) is 11.8 Å². The molecule has 6 nitrogen and oxygen atoms in total. The van der Waals surface area contributed by atoms with Gasteiger partial charge in [-0.15, -0.1) is 0 Å². The number of hydrogen-bond acceptors (Lipinski definition) is 4. The van der Waals surface area contributed by atoms with E-state index < -0.39 is 0 Å². The summed E-state index contributed by atoms with van der Waals surface area (Å²) in [6.07, 6.45) is 1.56. The van der Waals surface area contributed by atoms with Crippen LogP contribution in [0.2, 0.25) is 0 Å². The molecule has 0 radical (unpaired) electrons. The Morgan fingerprint density at radius 1 is 1.07 bits per heavy atom. The largest absolute Gasteiger partial charge is 0.391 e. The fourth-order valence-electron chi connectivity index (χ4n) is 5.90. The molecule has 0 unspecified atom stereocenters. The first-order chi connectivity index (χ1) is 14.4. The molecule has 5 rings (SSSR count). The topological polar surface area (TPSA) is 62.8 Å². The smallest absolute Gasteiger partial charge is 0.253 e. The molecule has 1 aliphatic carbocycles. The van der Waals surface area contributed by atoms with Crippen LogP contribution >= 0.6 is 0 Å². The van der Waals surface area contributed by atoms with Crippen LogP contribution in [0, 0.1) is 25.7 Å². The third kappa shape index (κ3) is 3.45. The fraction of sp³-hybridized carbons (Fsp3) is 0.625. The molecule has 1 aromatic heterocycles. The molecule has 30 heavy (non-hydrogen) atoms. The van der Waals surface area contributed by atoms with Crippen LogP contribution in [0.4, 0.5) is 0 Å². The predicted molar refractivity (Wildman–Crippen MR) is 119 cm³/mol. The lowest BCUT2D eigenvalue weighted by Crippen LogP contribution is -2.55. The Morgan fingerprint density at radius 2 is 1.77 bits per heavy atom. The van der Waals surface area contributed by atoms with E-state index in [1.54, 1.807) is 0 Å². The maximum absolute atomic E-state index is 13.3. The lowest BCUT2D eigenvalue weighted by atomic mass is 9.77. The number of likely N-dealkylation sites (N-methyl/N-ethyl adjacent to an activating group) is 1. The van der Waals surface area contributed by atoms with Gasteiger partial charge in [-0.05, 0) is 69.3 Å². The number of amides is 1. The molecule has 1 saturated carbocycles. The monoisotopic (exact) mass is 410 g/mol. The average molecular weight is 411 g/mol. The molecular formula is C24H34N4O2. The van der Waals surface area contributed by atoms with E-state index in [9.17, 15) is 9.90 Å². The number of hydrogen-bond donors (Lipinski definition) is 2. The highest BCUT2D eigenvalue weighted by Crippen LogP contribution is 2.39. The molecular weight excluding hydrogens is 376 g/mol. The predicted octanol–water partition coefficient (Wildman–Crippen LogP) is 2.24. The maximum Gasteiger partial charge on any atom is 0.253 e. The molecule has 2 aromatic rings. The summed E-state index contributed by atoms with van der Waals surface area (Å²) in [5, 5.41) is 12.0. The second-order valence-corrected chi connectivity index (χ2v) is 9.81. The normalized spacial score (nSPS) is 30.7. The number of fused-ring (bicyclic) bond motifs is 2. The molecule has 162 valence electrons. The summed E-state index contributed by atoms with van der Waals surface area (Å²) in [7, 11) is 2.17. The van der Waals surface area contributed by atoms with Crippen molar-refractivity contribution in [3.8, 4) is 0 Å². The van der Waals surface area contributed by atoms with E-state index in [0.717, 1.165) is 74.3 Å². The number of benzene rings is 1. The van der Waals surface area contributed by atoms with Crippen LogP contribution in [-0.4, -0.2) is 89.2 Å². The van der Waals surface area contributed by atoms with Crippen LogP contribution in [0.15, 0.2) is 18.2 Å². The van der Waals surface area contributed by atoms with Crippen LogP contribution in [-0.2, 0) is 0 Å². The van der Waals surface area contributed by atoms with E-state index in [1.807, 2.05) is 23.1 Å². The van der Waals surface area contributed by atoms with Gasteiger partial charge in [-0.3, -0.25) is 9.69 Å². The summed E-state index contributed by atoms with van der Waals surface area (Å²) in [5.74, 6) is 1.06. The number of carbonyl (C=O) groups excluding carboxylic acids is 1. The molecule has 0 bridgehead atoms. The number of carbonyl (C=O) groups is 1. The SMILES string of the molecule is Cc1[nH]c2ccc(C(=O)N3C[C@H]4C[C@@H](N5CCN(C)CC5)[C@H](O)C[C@H]4C3)cc2c1C. The molecule has 1 amide bonds. The lowest BCUT2D eigenvalue weighted by Gasteiger charge is -2.44. The number of aryl methyl sites for hydroxylation is 2. The number of nitrogens with one attached hydrogen (secondary N) is 1. The van der Waals surface area contributed by atoms with Crippen molar-refractivity contribution < 1.29 is 9.90 Å². The second kappa shape index (κ2) is 7.66. The zero-order chi connectivity index (χ0) is 21.0. The Balaban J connectivity index is 1.29. The molecule has 3 aliphatic rings. The summed E-state index contributed by atoms with van der Waals surface area (Å²) in [5.41, 5.74) is 4.24. The number of rotatable bonds is 2. The summed E-state index contributed by atoms with van der Waals surface area (Å²) in [4.78, 5) is 23.5. The Labute approximate surface area is 178 Å². The van der Waals surface area contributed by atoms with E-state index >= 15 is 0 Å². The molecule has 3 fully saturated rings. The fourth-order valence-corrected chi connectivity index (χ4v) is 5.90. The Bertz CT molecular complexity index is 946. The maximum atomic E-state index is 13.3. The molecule has 2 saturated heterocycles. The zero-order valence-electron chi connectivity index (χ0n) is 18.4. The van der Waals surface area contributed by atoms with Crippen LogP contribution < -0.4 is 0 Å². The van der Waals surface area contributed by atoms with Crippen molar-refractivity contribution in [3.63, 3.8) is 0 Å². The van der Waals surface area contributed by atoms with Crippen molar-refractivity contribution in [1.29, 1.82) is 0 Å². The van der Waals surface area contributed by atoms with Crippen molar-refractivity contribution in [2.75, 3.05) is 46.3 Å². The van der Waals surface area contributed by atoms with Gasteiger partial charge in [0.25, 0.3) is 5.91 Å². The first kappa shape index (κ1) is 20.0. The highest BCUT2D eigenvalue weighted by atomic mass is 16.3. The van der Waals surface area contributed by atoms with Crippen LogP contribution in [0.25, 0.3) is 10.9 Å². The van der Waals surface area contributed by atoms with Crippen molar-refractivity contribution in [3.05, 3.63) is 35.0 Å². The number of aliphatic hydroxyl groups is 1. The highest BCUT2D eigenvalue weighted by molar-refractivity contribution is 5.99. The minimum Gasteiger partial charge on any atom is -0.391 e. The molecule has 6 heteroatoms. The molecule has 4 atom stereocenters. The third-order valence-electron chi connectivity index (χ3n) is 7.96. The summed E-state index contributed by atoms with van der Waals surface area (Å²) < 4.78 is 0. The quantitative estimate of drug-likeness (QED) is 0.797. The lowest BCUT2D eigenvalue weighted by molar-refractivity contribution is -0.0249. The van der Waals surface area contributed by atoms with Gasteiger partial charge in [0.2, 0.25) is 0 Å². The standard InChI is InChI=1S/C24H34N4O2/c1-15-16(2)25-21-5-4-17(10-20(15)21)24(30)28-13-18-11-22(23(29)12-19(18)14-28)27-8-6-26(3)7-9-27/h4-5,10,18-19,22-23,25,29H,6-9,11-14H2,1-3H3/t18-,19+,22-,23-/m1/s1. The number of piperazine rings is 1. The van der Waals surface area contributed by atoms with E-state index in [1.165, 1.54) is 5.56 Å². The van der Waals surface area contributed by atoms with Gasteiger partial charge in [0.1, 0.15) is 0 Å². The molecule has 2 aliphatic heterocycles. The first-order valence-electron chi connectivity index (χ1n) is 11.4. The Hall–Kier alpha value is -1.89. The number of aromatic nitrogens is 1. The van der Waals surface area contributed by atoms with E-state index in [2.05, 4.69) is 35.7 Å². The van der Waals surface area contributed by atoms with E-state index in [4.69, 9.17) is 0 Å². The van der Waals surface area contributed by atoms with Crippen LogP contribution in [0.3, 0.4) is 0 Å². The molecule has 0 spiro atoms. The minimum absolute atomic E-state index is 0.134. The van der Waals surface area contributed by atoms with Gasteiger partial charge < -0.3 is 19.9 Å². The highest BCUT2D eigenvalue weighted by Gasteiger charge is 2.45. The first-order valence-corrected chi connectivity index (χ1v) is 11.4. The average Bonchev–Trinajstić information content (AvgIpc) is 3.27. The van der Waals surface area contributed by atoms with Crippen LogP contribution in [0.1, 0.15) is 34.5 Å². The summed E-state index contributed by atoms with van der Waals surface area (Å²) >= 11 is 0. The molecule has 3 heterocycles. The summed E-state index contributed by atoms with van der Waals surface area (Å²) in [6, 6.07) is 6.26. The number of likely N-dealkylation sites (tertiary alicyclic amines) is 1. The zero-order valence-corrected chi connectivity index (χ0v) is 18.4. The van der Waals surface area contributed by atoms with Gasteiger partial charge in [0, 0.05) is 67.5 Å². The van der Waals surface area contributed by atoms with Gasteiger partial charge in [-0.1, -0.05) is 0 Å². The van der Waals surface area contributed by atoms with Crippen LogP contribution in [0.5, 0.6) is 0 Å². The molecule has 1 aromatic carbocycles. The van der Waals surface area contributed by atoms with E-state index in [-0.39, 0.29) is 18.1 Å². The number of aliphatic hydroxyl groups excluding tert-OH is 1. The van der Waals surface area contributed by atoms with Gasteiger partial charge in [0.05, 0.1) is 6.10 Å². The van der Waals surface area contributed by atoms with Gasteiger partial charge in [-0.2, -0.15) is 0 Å². The van der Waals surface area contributed by atoms with Gasteiger partial charge >= 0.3 is 0 Å². The van der Waals surface area contributed by atoms with Crippen molar-refractivity contribution in [2.45, 2.75) is 38.8 Å².